The van der Waals surface area contributed by atoms with E-state index in [4.69, 9.17) is 0 Å². The van der Waals surface area contributed by atoms with Crippen LogP contribution in [-0.4, -0.2) is 4.98 Å². The number of nitrogens with one attached hydrogen (secondary N) is 2. The summed E-state index contributed by atoms with van der Waals surface area (Å²) in [5.41, 5.74) is 8.09. The molecule has 2 nitrogen and oxygen atoms in total. The van der Waals surface area contributed by atoms with E-state index in [0.717, 1.165) is 13.0 Å². The van der Waals surface area contributed by atoms with Crippen molar-refractivity contribution in [2.75, 3.05) is 5.32 Å². The van der Waals surface area contributed by atoms with Gasteiger partial charge in [0.2, 0.25) is 0 Å². The van der Waals surface area contributed by atoms with Gasteiger partial charge in [0.05, 0.1) is 0 Å². The Morgan fingerprint density at radius 3 is 2.75 bits per heavy atom. The van der Waals surface area contributed by atoms with Gasteiger partial charge in [-0.25, -0.2) is 0 Å². The third-order valence-corrected chi connectivity index (χ3v) is 3.95. The number of aromatic amines is 1. The average molecular weight is 260 g/mol. The second-order valence-electron chi connectivity index (χ2n) is 5.28. The molecular formula is C18H16N2. The maximum absolute atomic E-state index is 3.48. The number of fused-ring (bicyclic) bond motifs is 3. The maximum atomic E-state index is 3.48. The summed E-state index contributed by atoms with van der Waals surface area (Å²) in [6.07, 6.45) is 5.03. The van der Waals surface area contributed by atoms with Crippen molar-refractivity contribution in [3.63, 3.8) is 0 Å². The fraction of sp³-hybridized carbons (Fsp3) is 0.111. The highest BCUT2D eigenvalue weighted by atomic mass is 14.9. The molecule has 2 aromatic carbocycles. The number of anilines is 1. The first-order valence-corrected chi connectivity index (χ1v) is 6.97. The van der Waals surface area contributed by atoms with E-state index in [1.807, 2.05) is 12.4 Å². The number of aromatic nitrogens is 1. The first kappa shape index (κ1) is 11.4. The number of hydrogen-bond acceptors (Lipinski definition) is 1. The van der Waals surface area contributed by atoms with Gasteiger partial charge in [-0.05, 0) is 52.4 Å². The second kappa shape index (κ2) is 4.57. The van der Waals surface area contributed by atoms with E-state index in [0.29, 0.717) is 0 Å². The summed E-state index contributed by atoms with van der Waals surface area (Å²) in [5.74, 6) is 0. The number of rotatable bonds is 3. The third-order valence-electron chi connectivity index (χ3n) is 3.95. The van der Waals surface area contributed by atoms with Crippen LogP contribution in [0.25, 0.3) is 11.1 Å². The fourth-order valence-electron chi connectivity index (χ4n) is 2.93. The van der Waals surface area contributed by atoms with Gasteiger partial charge in [0.1, 0.15) is 0 Å². The first-order valence-electron chi connectivity index (χ1n) is 6.97. The van der Waals surface area contributed by atoms with E-state index in [-0.39, 0.29) is 0 Å². The minimum atomic E-state index is 0.856. The normalized spacial score (nSPS) is 12.0. The van der Waals surface area contributed by atoms with Gasteiger partial charge in [0.15, 0.2) is 0 Å². The van der Waals surface area contributed by atoms with Crippen molar-refractivity contribution in [3.8, 4) is 11.1 Å². The molecule has 1 aromatic heterocycles. The minimum Gasteiger partial charge on any atom is -0.381 e. The monoisotopic (exact) mass is 260 g/mol. The summed E-state index contributed by atoms with van der Waals surface area (Å²) in [6, 6.07) is 17.5. The lowest BCUT2D eigenvalue weighted by atomic mass is 10.1. The molecule has 0 saturated heterocycles. The molecule has 20 heavy (non-hydrogen) atoms. The van der Waals surface area contributed by atoms with Gasteiger partial charge in [-0.2, -0.15) is 0 Å². The molecule has 0 spiro atoms. The van der Waals surface area contributed by atoms with E-state index in [1.54, 1.807) is 0 Å². The van der Waals surface area contributed by atoms with Gasteiger partial charge in [-0.1, -0.05) is 30.3 Å². The summed E-state index contributed by atoms with van der Waals surface area (Å²) < 4.78 is 0. The van der Waals surface area contributed by atoms with Gasteiger partial charge in [-0.15, -0.1) is 0 Å². The van der Waals surface area contributed by atoms with Crippen molar-refractivity contribution in [3.05, 3.63) is 77.6 Å². The zero-order valence-electron chi connectivity index (χ0n) is 11.2. The van der Waals surface area contributed by atoms with Crippen LogP contribution < -0.4 is 5.32 Å². The topological polar surface area (TPSA) is 27.8 Å². The molecule has 0 saturated carbocycles. The predicted molar refractivity (Wildman–Crippen MR) is 82.8 cm³/mol. The molecule has 3 aromatic rings. The van der Waals surface area contributed by atoms with Crippen LogP contribution in [0.3, 0.4) is 0 Å². The predicted octanol–water partition coefficient (Wildman–Crippen LogP) is 4.20. The van der Waals surface area contributed by atoms with Crippen molar-refractivity contribution in [1.82, 2.24) is 4.98 Å². The van der Waals surface area contributed by atoms with Crippen LogP contribution in [0.1, 0.15) is 16.7 Å². The SMILES string of the molecule is c1ccc2c(c1)Cc1cc(NCc3cc[nH]c3)ccc1-2. The van der Waals surface area contributed by atoms with Crippen molar-refractivity contribution >= 4 is 5.69 Å². The lowest BCUT2D eigenvalue weighted by Crippen LogP contribution is -1.98. The van der Waals surface area contributed by atoms with Gasteiger partial charge in [-0.3, -0.25) is 0 Å². The van der Waals surface area contributed by atoms with E-state index in [1.165, 1.54) is 33.5 Å². The second-order valence-corrected chi connectivity index (χ2v) is 5.28. The third kappa shape index (κ3) is 1.90. The summed E-state index contributed by atoms with van der Waals surface area (Å²) in [6.45, 7) is 0.856. The van der Waals surface area contributed by atoms with Gasteiger partial charge >= 0.3 is 0 Å². The zero-order valence-corrected chi connectivity index (χ0v) is 11.2. The molecule has 4 rings (SSSR count). The highest BCUT2D eigenvalue weighted by Gasteiger charge is 2.17. The summed E-state index contributed by atoms with van der Waals surface area (Å²) in [4.78, 5) is 3.08. The summed E-state index contributed by atoms with van der Waals surface area (Å²) in [7, 11) is 0. The Kier molecular flexibility index (Phi) is 2.59. The lowest BCUT2D eigenvalue weighted by molar-refractivity contribution is 1.15. The Balaban J connectivity index is 1.59. The molecule has 2 heteroatoms. The smallest absolute Gasteiger partial charge is 0.0415 e. The maximum Gasteiger partial charge on any atom is 0.0415 e. The summed E-state index contributed by atoms with van der Waals surface area (Å²) >= 11 is 0. The highest BCUT2D eigenvalue weighted by Crippen LogP contribution is 2.37. The van der Waals surface area contributed by atoms with E-state index < -0.39 is 0 Å². The van der Waals surface area contributed by atoms with Gasteiger partial charge in [0, 0.05) is 24.6 Å². The Hall–Kier alpha value is -2.48. The molecule has 0 unspecified atom stereocenters. The molecule has 0 amide bonds. The van der Waals surface area contributed by atoms with Crippen molar-refractivity contribution < 1.29 is 0 Å². The molecule has 0 atom stereocenters. The molecule has 1 aliphatic rings. The molecule has 0 radical (unpaired) electrons. The number of benzene rings is 2. The van der Waals surface area contributed by atoms with E-state index in [2.05, 4.69) is 58.8 Å². The van der Waals surface area contributed by atoms with Crippen molar-refractivity contribution in [1.29, 1.82) is 0 Å². The molecule has 1 heterocycles. The molecule has 2 N–H and O–H groups in total. The Morgan fingerprint density at radius 2 is 1.85 bits per heavy atom. The van der Waals surface area contributed by atoms with Gasteiger partial charge < -0.3 is 10.3 Å². The van der Waals surface area contributed by atoms with Crippen LogP contribution in [0.4, 0.5) is 5.69 Å². The molecule has 0 aliphatic heterocycles. The summed E-state index contributed by atoms with van der Waals surface area (Å²) in [5, 5.41) is 3.48. The van der Waals surface area contributed by atoms with Crippen LogP contribution in [0.2, 0.25) is 0 Å². The number of hydrogen-bond donors (Lipinski definition) is 2. The standard InChI is InChI=1S/C18H16N2/c1-2-4-17-14(3-1)9-15-10-16(5-6-18(15)17)20-12-13-7-8-19-11-13/h1-8,10-11,19-20H,9,12H2. The largest absolute Gasteiger partial charge is 0.381 e. The van der Waals surface area contributed by atoms with Crippen LogP contribution in [0, 0.1) is 0 Å². The van der Waals surface area contributed by atoms with Crippen LogP contribution in [0.15, 0.2) is 60.9 Å². The Labute approximate surface area is 118 Å². The van der Waals surface area contributed by atoms with Crippen molar-refractivity contribution in [2.24, 2.45) is 0 Å². The molecule has 1 aliphatic carbocycles. The zero-order chi connectivity index (χ0) is 13.4. The van der Waals surface area contributed by atoms with E-state index >= 15 is 0 Å². The minimum absolute atomic E-state index is 0.856. The number of H-pyrrole nitrogens is 1. The van der Waals surface area contributed by atoms with Crippen molar-refractivity contribution in [2.45, 2.75) is 13.0 Å². The quantitative estimate of drug-likeness (QED) is 0.567. The highest BCUT2D eigenvalue weighted by molar-refractivity contribution is 5.78. The van der Waals surface area contributed by atoms with Gasteiger partial charge in [0.25, 0.3) is 0 Å². The van der Waals surface area contributed by atoms with Crippen LogP contribution >= 0.6 is 0 Å². The van der Waals surface area contributed by atoms with E-state index in [9.17, 15) is 0 Å². The van der Waals surface area contributed by atoms with Crippen LogP contribution in [0.5, 0.6) is 0 Å². The average Bonchev–Trinajstić information content (AvgIpc) is 3.12. The fourth-order valence-corrected chi connectivity index (χ4v) is 2.93. The Bertz CT molecular complexity index is 742. The first-order chi connectivity index (χ1) is 9.90. The van der Waals surface area contributed by atoms with Crippen LogP contribution in [-0.2, 0) is 13.0 Å². The Morgan fingerprint density at radius 1 is 0.950 bits per heavy atom. The lowest BCUT2D eigenvalue weighted by Gasteiger charge is -2.07. The molecule has 0 fully saturated rings. The molecular weight excluding hydrogens is 244 g/mol. The molecule has 0 bridgehead atoms. The molecule has 98 valence electrons.